The Labute approximate surface area is 212 Å². The van der Waals surface area contributed by atoms with Crippen LogP contribution in [0.1, 0.15) is 22.8 Å². The average Bonchev–Trinajstić information content (AvgIpc) is 2.80. The Hall–Kier alpha value is -2.30. The number of rotatable bonds is 9. The van der Waals surface area contributed by atoms with Crippen molar-refractivity contribution in [1.29, 1.82) is 0 Å². The highest BCUT2D eigenvalue weighted by atomic mass is 35.5. The lowest BCUT2D eigenvalue weighted by Gasteiger charge is -2.35. The highest BCUT2D eigenvalue weighted by Crippen LogP contribution is 2.26. The van der Waals surface area contributed by atoms with Gasteiger partial charge in [0, 0.05) is 37.0 Å². The third-order valence-corrected chi connectivity index (χ3v) is 6.90. The minimum absolute atomic E-state index is 0.126. The number of nitrogens with zero attached hydrogens (tertiary/aromatic N) is 2. The largest absolute Gasteiger partial charge is 0.374 e. The predicted molar refractivity (Wildman–Crippen MR) is 133 cm³/mol. The summed E-state index contributed by atoms with van der Waals surface area (Å²) in [6.45, 7) is 4.31. The van der Waals surface area contributed by atoms with Gasteiger partial charge in [0.15, 0.2) is 0 Å². The number of nitrogens with one attached hydrogen (secondary N) is 1. The van der Waals surface area contributed by atoms with Gasteiger partial charge in [-0.25, -0.2) is 0 Å². The number of hydrogen-bond acceptors (Lipinski definition) is 6. The van der Waals surface area contributed by atoms with Gasteiger partial charge in [-0.15, -0.1) is 0 Å². The van der Waals surface area contributed by atoms with E-state index in [9.17, 15) is 14.4 Å². The molecule has 1 atom stereocenters. The number of nitrogens with two attached hydrogens (primary N) is 1. The summed E-state index contributed by atoms with van der Waals surface area (Å²) in [5, 5.41) is 3.50. The highest BCUT2D eigenvalue weighted by Gasteiger charge is 2.25. The fraction of sp³-hybridized carbons (Fsp3) is 0.348. The van der Waals surface area contributed by atoms with Gasteiger partial charge in [-0.3, -0.25) is 23.6 Å². The van der Waals surface area contributed by atoms with E-state index in [4.69, 9.17) is 33.7 Å². The van der Waals surface area contributed by atoms with E-state index in [0.717, 1.165) is 12.1 Å². The second-order valence-corrected chi connectivity index (χ2v) is 9.73. The third kappa shape index (κ3) is 7.89. The van der Waals surface area contributed by atoms with Crippen molar-refractivity contribution in [3.8, 4) is 0 Å². The summed E-state index contributed by atoms with van der Waals surface area (Å²) in [6, 6.07) is 12.4. The van der Waals surface area contributed by atoms with Gasteiger partial charge in [-0.2, -0.15) is 0 Å². The van der Waals surface area contributed by atoms with E-state index < -0.39 is 11.8 Å². The van der Waals surface area contributed by atoms with E-state index in [1.54, 1.807) is 28.6 Å². The topological polar surface area (TPSA) is 105 Å². The van der Waals surface area contributed by atoms with E-state index in [2.05, 4.69) is 10.2 Å². The molecule has 1 heterocycles. The maximum atomic E-state index is 12.3. The highest BCUT2D eigenvalue weighted by molar-refractivity contribution is 7.97. The predicted octanol–water partition coefficient (Wildman–Crippen LogP) is 2.97. The van der Waals surface area contributed by atoms with Gasteiger partial charge in [0.05, 0.1) is 35.8 Å². The molecule has 1 saturated heterocycles. The van der Waals surface area contributed by atoms with Gasteiger partial charge in [0.25, 0.3) is 5.91 Å². The SMILES string of the molecule is CC(=O)N(C[C@@H]1CN(Cc2ccc(Cl)c(Cl)c2)CCO1)Sc1cccc(C(=O)NCC(N)=O)c1. The molecule has 3 amide bonds. The van der Waals surface area contributed by atoms with Gasteiger partial charge >= 0.3 is 0 Å². The molecule has 2 aromatic rings. The number of halogens is 2. The molecule has 1 fully saturated rings. The van der Waals surface area contributed by atoms with Crippen LogP contribution < -0.4 is 11.1 Å². The standard InChI is InChI=1S/C23H26Cl2N4O4S/c1-15(30)29(34-19-4-2-3-17(10-19)23(32)27-11-22(26)31)14-18-13-28(7-8-33-18)12-16-5-6-20(24)21(25)9-16/h2-6,9-10,18H,7-8,11-14H2,1H3,(H2,26,31)(H,27,32)/t18-/m0/s1. The Kier molecular flexibility index (Phi) is 9.61. The molecule has 34 heavy (non-hydrogen) atoms. The quantitative estimate of drug-likeness (QED) is 0.488. The summed E-state index contributed by atoms with van der Waals surface area (Å²) >= 11 is 13.4. The molecule has 3 N–H and O–H groups in total. The number of primary amides is 1. The monoisotopic (exact) mass is 524 g/mol. The van der Waals surface area contributed by atoms with E-state index in [1.807, 2.05) is 18.2 Å². The molecule has 11 heteroatoms. The normalized spacial score (nSPS) is 16.1. The van der Waals surface area contributed by atoms with E-state index in [1.165, 1.54) is 18.9 Å². The summed E-state index contributed by atoms with van der Waals surface area (Å²) in [7, 11) is 0. The Morgan fingerprint density at radius 2 is 2.00 bits per heavy atom. The number of hydrogen-bond donors (Lipinski definition) is 2. The van der Waals surface area contributed by atoms with E-state index in [-0.39, 0.29) is 18.6 Å². The van der Waals surface area contributed by atoms with Crippen LogP contribution in [0.3, 0.4) is 0 Å². The summed E-state index contributed by atoms with van der Waals surface area (Å²) in [6.07, 6.45) is -0.171. The summed E-state index contributed by atoms with van der Waals surface area (Å²) < 4.78 is 7.54. The van der Waals surface area contributed by atoms with Crippen molar-refractivity contribution in [3.63, 3.8) is 0 Å². The average molecular weight is 525 g/mol. The maximum absolute atomic E-state index is 12.3. The molecule has 0 spiro atoms. The molecule has 3 rings (SSSR count). The van der Waals surface area contributed by atoms with Crippen LogP contribution in [0.25, 0.3) is 0 Å². The van der Waals surface area contributed by atoms with Crippen LogP contribution in [0.4, 0.5) is 0 Å². The van der Waals surface area contributed by atoms with Gasteiger partial charge in [0.1, 0.15) is 0 Å². The lowest BCUT2D eigenvalue weighted by molar-refractivity contribution is -0.126. The molecule has 0 bridgehead atoms. The number of morpholine rings is 1. The molecule has 0 unspecified atom stereocenters. The number of amides is 3. The molecule has 0 aromatic heterocycles. The molecular weight excluding hydrogens is 499 g/mol. The number of carbonyl (C=O) groups excluding carboxylic acids is 3. The molecule has 0 aliphatic carbocycles. The zero-order chi connectivity index (χ0) is 24.7. The van der Waals surface area contributed by atoms with Crippen LogP contribution in [0, 0.1) is 0 Å². The minimum Gasteiger partial charge on any atom is -0.374 e. The van der Waals surface area contributed by atoms with Crippen LogP contribution >= 0.6 is 35.1 Å². The first-order valence-corrected chi connectivity index (χ1v) is 12.1. The van der Waals surface area contributed by atoms with Gasteiger partial charge in [-0.1, -0.05) is 35.3 Å². The van der Waals surface area contributed by atoms with Crippen molar-refractivity contribution in [2.24, 2.45) is 5.73 Å². The van der Waals surface area contributed by atoms with Crippen molar-refractivity contribution in [2.45, 2.75) is 24.5 Å². The lowest BCUT2D eigenvalue weighted by Crippen LogP contribution is -2.46. The fourth-order valence-electron chi connectivity index (χ4n) is 3.44. The molecule has 8 nitrogen and oxygen atoms in total. The zero-order valence-corrected chi connectivity index (χ0v) is 21.0. The first-order chi connectivity index (χ1) is 16.2. The Bertz CT molecular complexity index is 1060. The third-order valence-electron chi connectivity index (χ3n) is 5.07. The fourth-order valence-corrected chi connectivity index (χ4v) is 4.70. The lowest BCUT2D eigenvalue weighted by atomic mass is 10.2. The second-order valence-electron chi connectivity index (χ2n) is 7.82. The van der Waals surface area contributed by atoms with Crippen molar-refractivity contribution in [3.05, 3.63) is 63.6 Å². The summed E-state index contributed by atoms with van der Waals surface area (Å²) in [5.74, 6) is -1.16. The Balaban J connectivity index is 1.60. The smallest absolute Gasteiger partial charge is 0.251 e. The zero-order valence-electron chi connectivity index (χ0n) is 18.6. The van der Waals surface area contributed by atoms with Crippen molar-refractivity contribution in [1.82, 2.24) is 14.5 Å². The van der Waals surface area contributed by atoms with Crippen LogP contribution in [0.2, 0.25) is 10.0 Å². The Morgan fingerprint density at radius 3 is 2.71 bits per heavy atom. The molecule has 0 saturated carbocycles. The number of benzene rings is 2. The number of ether oxygens (including phenoxy) is 1. The van der Waals surface area contributed by atoms with Crippen molar-refractivity contribution >= 4 is 52.9 Å². The molecule has 2 aromatic carbocycles. The minimum atomic E-state index is -0.623. The molecule has 182 valence electrons. The maximum Gasteiger partial charge on any atom is 0.251 e. The molecular formula is C23H26Cl2N4O4S. The second kappa shape index (κ2) is 12.4. The molecule has 0 radical (unpaired) electrons. The van der Waals surface area contributed by atoms with Crippen LogP contribution in [0.5, 0.6) is 0 Å². The summed E-state index contributed by atoms with van der Waals surface area (Å²) in [5.41, 5.74) is 6.50. The first-order valence-electron chi connectivity index (χ1n) is 10.6. The van der Waals surface area contributed by atoms with Gasteiger partial charge < -0.3 is 15.8 Å². The van der Waals surface area contributed by atoms with Crippen molar-refractivity contribution in [2.75, 3.05) is 32.8 Å². The summed E-state index contributed by atoms with van der Waals surface area (Å²) in [4.78, 5) is 38.4. The van der Waals surface area contributed by atoms with Crippen LogP contribution in [-0.4, -0.2) is 65.8 Å². The molecule has 1 aliphatic heterocycles. The van der Waals surface area contributed by atoms with Crippen LogP contribution in [-0.2, 0) is 20.9 Å². The van der Waals surface area contributed by atoms with Gasteiger partial charge in [0.2, 0.25) is 11.8 Å². The van der Waals surface area contributed by atoms with Crippen LogP contribution in [0.15, 0.2) is 47.4 Å². The van der Waals surface area contributed by atoms with E-state index in [0.29, 0.717) is 46.7 Å². The first kappa shape index (κ1) is 26.3. The Morgan fingerprint density at radius 1 is 1.21 bits per heavy atom. The van der Waals surface area contributed by atoms with Crippen molar-refractivity contribution < 1.29 is 19.1 Å². The van der Waals surface area contributed by atoms with E-state index >= 15 is 0 Å². The molecule has 1 aliphatic rings. The number of carbonyl (C=O) groups is 3. The van der Waals surface area contributed by atoms with Gasteiger partial charge in [-0.05, 0) is 47.8 Å².